The third kappa shape index (κ3) is 2.37. The van der Waals surface area contributed by atoms with Gasteiger partial charge in [-0.05, 0) is 48.5 Å². The van der Waals surface area contributed by atoms with Crippen molar-refractivity contribution < 1.29 is 4.42 Å². The molecule has 0 bridgehead atoms. The molecule has 0 aliphatic rings. The molecule has 17 heavy (non-hydrogen) atoms. The van der Waals surface area contributed by atoms with Gasteiger partial charge < -0.3 is 9.73 Å². The highest BCUT2D eigenvalue weighted by molar-refractivity contribution is 9.10. The van der Waals surface area contributed by atoms with E-state index in [2.05, 4.69) is 42.0 Å². The normalized spacial score (nSPS) is 13.2. The van der Waals surface area contributed by atoms with Gasteiger partial charge in [-0.25, -0.2) is 0 Å². The molecular formula is C13H15BrClNO. The number of nitrogens with one attached hydrogen (secondary N) is 1. The molecule has 1 aromatic heterocycles. The van der Waals surface area contributed by atoms with Crippen molar-refractivity contribution in [2.45, 2.75) is 26.8 Å². The van der Waals surface area contributed by atoms with E-state index in [1.54, 1.807) is 0 Å². The molecule has 0 aliphatic heterocycles. The Morgan fingerprint density at radius 1 is 1.47 bits per heavy atom. The van der Waals surface area contributed by atoms with Crippen LogP contribution in [0, 0.1) is 6.92 Å². The number of aryl methyl sites for hydroxylation is 1. The van der Waals surface area contributed by atoms with Gasteiger partial charge in [-0.3, -0.25) is 0 Å². The van der Waals surface area contributed by atoms with Gasteiger partial charge in [0, 0.05) is 16.0 Å². The minimum Gasteiger partial charge on any atom is -0.458 e. The lowest BCUT2D eigenvalue weighted by molar-refractivity contribution is 0.455. The minimum absolute atomic E-state index is 0.207. The van der Waals surface area contributed by atoms with Crippen molar-refractivity contribution in [1.82, 2.24) is 5.32 Å². The SMILES string of the molecule is CCNC(C)c1oc2c(Br)cc(Cl)cc2c1C. The Kier molecular flexibility index (Phi) is 3.81. The molecule has 1 atom stereocenters. The zero-order chi connectivity index (χ0) is 12.6. The summed E-state index contributed by atoms with van der Waals surface area (Å²) in [6, 6.07) is 4.01. The summed E-state index contributed by atoms with van der Waals surface area (Å²) in [4.78, 5) is 0. The second-order valence-electron chi connectivity index (χ2n) is 4.13. The Bertz CT molecular complexity index is 550. The van der Waals surface area contributed by atoms with Crippen molar-refractivity contribution in [2.75, 3.05) is 6.54 Å². The number of fused-ring (bicyclic) bond motifs is 1. The number of benzene rings is 1. The predicted molar refractivity (Wildman–Crippen MR) is 75.8 cm³/mol. The van der Waals surface area contributed by atoms with Crippen LogP contribution in [0.3, 0.4) is 0 Å². The molecule has 4 heteroatoms. The Labute approximate surface area is 114 Å². The van der Waals surface area contributed by atoms with E-state index in [4.69, 9.17) is 16.0 Å². The topological polar surface area (TPSA) is 25.2 Å². The van der Waals surface area contributed by atoms with E-state index in [1.165, 1.54) is 0 Å². The van der Waals surface area contributed by atoms with Crippen LogP contribution in [0.4, 0.5) is 0 Å². The molecule has 2 nitrogen and oxygen atoms in total. The lowest BCUT2D eigenvalue weighted by Crippen LogP contribution is -2.17. The molecule has 1 aromatic carbocycles. The van der Waals surface area contributed by atoms with Gasteiger partial charge in [0.2, 0.25) is 0 Å². The maximum Gasteiger partial charge on any atom is 0.148 e. The van der Waals surface area contributed by atoms with Gasteiger partial charge in [-0.15, -0.1) is 0 Å². The molecule has 2 rings (SSSR count). The Morgan fingerprint density at radius 3 is 2.82 bits per heavy atom. The number of hydrogen-bond acceptors (Lipinski definition) is 2. The maximum absolute atomic E-state index is 6.06. The highest BCUT2D eigenvalue weighted by atomic mass is 79.9. The fourth-order valence-electron chi connectivity index (χ4n) is 2.07. The van der Waals surface area contributed by atoms with Crippen molar-refractivity contribution in [3.63, 3.8) is 0 Å². The van der Waals surface area contributed by atoms with Gasteiger partial charge in [-0.1, -0.05) is 18.5 Å². The molecule has 0 spiro atoms. The van der Waals surface area contributed by atoms with E-state index in [-0.39, 0.29) is 6.04 Å². The second kappa shape index (κ2) is 5.01. The summed E-state index contributed by atoms with van der Waals surface area (Å²) in [5, 5.41) is 5.15. The van der Waals surface area contributed by atoms with E-state index < -0.39 is 0 Å². The fourth-order valence-corrected chi connectivity index (χ4v) is 2.97. The van der Waals surface area contributed by atoms with Crippen LogP contribution >= 0.6 is 27.5 Å². The first-order valence-electron chi connectivity index (χ1n) is 5.66. The highest BCUT2D eigenvalue weighted by Crippen LogP contribution is 2.35. The summed E-state index contributed by atoms with van der Waals surface area (Å²) in [5.74, 6) is 0.977. The van der Waals surface area contributed by atoms with Crippen LogP contribution in [0.5, 0.6) is 0 Å². The van der Waals surface area contributed by atoms with E-state index >= 15 is 0 Å². The van der Waals surface area contributed by atoms with Gasteiger partial charge in [0.1, 0.15) is 11.3 Å². The van der Waals surface area contributed by atoms with Gasteiger partial charge in [0.25, 0.3) is 0 Å². The third-order valence-electron chi connectivity index (χ3n) is 2.90. The molecule has 1 heterocycles. The fraction of sp³-hybridized carbons (Fsp3) is 0.385. The summed E-state index contributed by atoms with van der Waals surface area (Å²) in [6.07, 6.45) is 0. The highest BCUT2D eigenvalue weighted by Gasteiger charge is 2.17. The average Bonchev–Trinajstić information content (AvgIpc) is 2.57. The molecule has 2 aromatic rings. The van der Waals surface area contributed by atoms with Gasteiger partial charge in [0.05, 0.1) is 10.5 Å². The van der Waals surface area contributed by atoms with Crippen molar-refractivity contribution in [1.29, 1.82) is 0 Å². The van der Waals surface area contributed by atoms with Crippen molar-refractivity contribution in [3.8, 4) is 0 Å². The molecule has 1 N–H and O–H groups in total. The van der Waals surface area contributed by atoms with Crippen molar-refractivity contribution in [2.24, 2.45) is 0 Å². The summed E-state index contributed by atoms with van der Waals surface area (Å²) in [5.41, 5.74) is 2.02. The van der Waals surface area contributed by atoms with Crippen LogP contribution in [0.25, 0.3) is 11.0 Å². The van der Waals surface area contributed by atoms with E-state index in [0.29, 0.717) is 0 Å². The molecule has 1 unspecified atom stereocenters. The van der Waals surface area contributed by atoms with Crippen LogP contribution in [0.15, 0.2) is 21.0 Å². The van der Waals surface area contributed by atoms with Crippen LogP contribution in [0.1, 0.15) is 31.2 Å². The Balaban J connectivity index is 2.60. The van der Waals surface area contributed by atoms with Crippen LogP contribution in [0.2, 0.25) is 5.02 Å². The molecule has 92 valence electrons. The van der Waals surface area contributed by atoms with Gasteiger partial charge in [-0.2, -0.15) is 0 Å². The monoisotopic (exact) mass is 315 g/mol. The number of furan rings is 1. The number of rotatable bonds is 3. The van der Waals surface area contributed by atoms with E-state index in [1.807, 2.05) is 12.1 Å². The lowest BCUT2D eigenvalue weighted by Gasteiger charge is -2.09. The summed E-state index contributed by atoms with van der Waals surface area (Å²) < 4.78 is 6.83. The molecule has 0 amide bonds. The van der Waals surface area contributed by atoms with Crippen molar-refractivity contribution >= 4 is 38.5 Å². The molecule has 0 saturated carbocycles. The minimum atomic E-state index is 0.207. The van der Waals surface area contributed by atoms with Crippen molar-refractivity contribution in [3.05, 3.63) is 33.0 Å². The third-order valence-corrected chi connectivity index (χ3v) is 3.70. The first kappa shape index (κ1) is 12.9. The molecule has 0 aliphatic carbocycles. The Hall–Kier alpha value is -0.510. The van der Waals surface area contributed by atoms with Crippen LogP contribution in [-0.2, 0) is 0 Å². The maximum atomic E-state index is 6.06. The zero-order valence-electron chi connectivity index (χ0n) is 10.1. The van der Waals surface area contributed by atoms with Crippen LogP contribution in [-0.4, -0.2) is 6.54 Å². The first-order valence-corrected chi connectivity index (χ1v) is 6.83. The summed E-state index contributed by atoms with van der Waals surface area (Å²) >= 11 is 9.54. The average molecular weight is 317 g/mol. The van der Waals surface area contributed by atoms with E-state index in [9.17, 15) is 0 Å². The smallest absolute Gasteiger partial charge is 0.148 e. The number of halogens is 2. The van der Waals surface area contributed by atoms with E-state index in [0.717, 1.165) is 38.3 Å². The summed E-state index contributed by atoms with van der Waals surface area (Å²) in [6.45, 7) is 7.17. The van der Waals surface area contributed by atoms with Gasteiger partial charge in [0.15, 0.2) is 0 Å². The standard InChI is InChI=1S/C13H15BrClNO/c1-4-16-8(3)12-7(2)10-5-9(15)6-11(14)13(10)17-12/h5-6,8,16H,4H2,1-3H3. The predicted octanol–water partition coefficient (Wildman–Crippen LogP) is 4.83. The largest absolute Gasteiger partial charge is 0.458 e. The molecule has 0 radical (unpaired) electrons. The quantitative estimate of drug-likeness (QED) is 0.877. The summed E-state index contributed by atoms with van der Waals surface area (Å²) in [7, 11) is 0. The molecule has 0 fully saturated rings. The lowest BCUT2D eigenvalue weighted by atomic mass is 10.1. The second-order valence-corrected chi connectivity index (χ2v) is 5.43. The Morgan fingerprint density at radius 2 is 2.18 bits per heavy atom. The zero-order valence-corrected chi connectivity index (χ0v) is 12.4. The first-order chi connectivity index (χ1) is 8.04. The molecular weight excluding hydrogens is 302 g/mol. The van der Waals surface area contributed by atoms with Gasteiger partial charge >= 0.3 is 0 Å². The van der Waals surface area contributed by atoms with Crippen LogP contribution < -0.4 is 5.32 Å². The number of hydrogen-bond donors (Lipinski definition) is 1. The molecule has 0 saturated heterocycles.